The largest absolute Gasteiger partial charge is 0.310 e. The summed E-state index contributed by atoms with van der Waals surface area (Å²) < 4.78 is 0. The molecule has 5 nitrogen and oxygen atoms in total. The van der Waals surface area contributed by atoms with Crippen molar-refractivity contribution < 1.29 is 4.79 Å². The number of carbonyl (C=O) groups is 1. The fraction of sp³-hybridized carbons (Fsp3) is 0.294. The molecule has 116 valence electrons. The molecule has 1 aromatic heterocycles. The van der Waals surface area contributed by atoms with Gasteiger partial charge in [0.25, 0.3) is 0 Å². The van der Waals surface area contributed by atoms with Crippen LogP contribution in [0.3, 0.4) is 0 Å². The van der Waals surface area contributed by atoms with Gasteiger partial charge in [0.15, 0.2) is 5.66 Å². The maximum Gasteiger partial charge on any atom is 0.225 e. The van der Waals surface area contributed by atoms with E-state index in [2.05, 4.69) is 26.4 Å². The first kappa shape index (κ1) is 15.4. The summed E-state index contributed by atoms with van der Waals surface area (Å²) in [6, 6.07) is 9.88. The molecule has 3 rings (SSSR count). The van der Waals surface area contributed by atoms with Gasteiger partial charge in [0.1, 0.15) is 10.8 Å². The number of amides is 1. The molecule has 0 radical (unpaired) electrons. The van der Waals surface area contributed by atoms with E-state index in [-0.39, 0.29) is 5.91 Å². The third kappa shape index (κ3) is 4.02. The molecule has 0 aliphatic carbocycles. The summed E-state index contributed by atoms with van der Waals surface area (Å²) in [6.07, 6.45) is 7.54. The molecular weight excluding hydrogens is 308 g/mol. The van der Waals surface area contributed by atoms with Crippen LogP contribution in [0.4, 0.5) is 5.82 Å². The summed E-state index contributed by atoms with van der Waals surface area (Å²) in [4.78, 5) is 16.5. The van der Waals surface area contributed by atoms with Crippen LogP contribution in [0.1, 0.15) is 25.7 Å². The first-order valence-electron chi connectivity index (χ1n) is 7.39. The molecule has 0 unspecified atom stereocenters. The van der Waals surface area contributed by atoms with Crippen molar-refractivity contribution in [3.63, 3.8) is 0 Å². The number of benzene rings is 1. The summed E-state index contributed by atoms with van der Waals surface area (Å²) in [5.41, 5.74) is 0.628. The van der Waals surface area contributed by atoms with Crippen LogP contribution in [-0.2, 0) is 4.79 Å². The summed E-state index contributed by atoms with van der Waals surface area (Å²) in [7, 11) is 0. The smallest absolute Gasteiger partial charge is 0.225 e. The third-order valence-electron chi connectivity index (χ3n) is 3.60. The van der Waals surface area contributed by atoms with Crippen LogP contribution in [0, 0.1) is 12.3 Å². The minimum atomic E-state index is -0.416. The second-order valence-corrected chi connectivity index (χ2v) is 6.20. The second kappa shape index (κ2) is 6.71. The Kier molecular flexibility index (Phi) is 4.49. The van der Waals surface area contributed by atoms with Crippen LogP contribution in [0.2, 0.25) is 0 Å². The van der Waals surface area contributed by atoms with E-state index in [1.165, 1.54) is 11.3 Å². The number of terminal acetylenes is 1. The molecule has 0 saturated carbocycles. The third-order valence-corrected chi connectivity index (χ3v) is 4.49. The zero-order chi connectivity index (χ0) is 16.1. The molecule has 1 aromatic carbocycles. The molecule has 0 saturated heterocycles. The molecule has 1 amide bonds. The van der Waals surface area contributed by atoms with Gasteiger partial charge in [0, 0.05) is 36.6 Å². The maximum absolute atomic E-state index is 12.0. The Hall–Kier alpha value is -2.52. The van der Waals surface area contributed by atoms with Gasteiger partial charge >= 0.3 is 0 Å². The lowest BCUT2D eigenvalue weighted by molar-refractivity contribution is -0.116. The van der Waals surface area contributed by atoms with E-state index in [0.717, 1.165) is 10.6 Å². The van der Waals surface area contributed by atoms with Crippen LogP contribution in [0.15, 0.2) is 45.9 Å². The molecule has 0 atom stereocenters. The minimum Gasteiger partial charge on any atom is -0.310 e. The van der Waals surface area contributed by atoms with Gasteiger partial charge in [0.05, 0.1) is 0 Å². The summed E-state index contributed by atoms with van der Waals surface area (Å²) in [5.74, 6) is 3.09. The van der Waals surface area contributed by atoms with E-state index in [9.17, 15) is 4.79 Å². The minimum absolute atomic E-state index is 0.0766. The van der Waals surface area contributed by atoms with Crippen molar-refractivity contribution in [1.29, 1.82) is 0 Å². The number of hydrogen-bond donors (Lipinski definition) is 1. The fourth-order valence-corrected chi connectivity index (χ4v) is 2.99. The summed E-state index contributed by atoms with van der Waals surface area (Å²) in [5, 5.41) is 13.6. The second-order valence-electron chi connectivity index (χ2n) is 5.34. The number of anilines is 1. The number of hydrogen-bond acceptors (Lipinski definition) is 5. The van der Waals surface area contributed by atoms with Crippen LogP contribution in [-0.4, -0.2) is 16.6 Å². The first-order valence-corrected chi connectivity index (χ1v) is 8.27. The van der Waals surface area contributed by atoms with Crippen molar-refractivity contribution in [3.8, 4) is 22.9 Å². The lowest BCUT2D eigenvalue weighted by Crippen LogP contribution is -2.17. The van der Waals surface area contributed by atoms with Gasteiger partial charge in [-0.05, 0) is 0 Å². The van der Waals surface area contributed by atoms with Crippen molar-refractivity contribution in [2.75, 3.05) is 5.32 Å². The zero-order valence-electron chi connectivity index (χ0n) is 12.5. The number of nitrogens with one attached hydrogen (secondary N) is 1. The average molecular weight is 324 g/mol. The Bertz CT molecular complexity index is 754. The Morgan fingerprint density at radius 1 is 1.26 bits per heavy atom. The normalized spacial score (nSPS) is 14.2. The SMILES string of the molecule is C#CCCC1(CCC(=O)Nc2csc(-c3ccccc3)n2)N=N1. The lowest BCUT2D eigenvalue weighted by atomic mass is 10.0. The van der Waals surface area contributed by atoms with E-state index in [1.54, 1.807) is 0 Å². The highest BCUT2D eigenvalue weighted by Gasteiger charge is 2.39. The molecule has 1 aliphatic rings. The molecule has 23 heavy (non-hydrogen) atoms. The highest BCUT2D eigenvalue weighted by atomic mass is 32.1. The first-order chi connectivity index (χ1) is 11.2. The Morgan fingerprint density at radius 2 is 2.04 bits per heavy atom. The molecule has 2 heterocycles. The number of aromatic nitrogens is 1. The molecule has 0 bridgehead atoms. The van der Waals surface area contributed by atoms with Gasteiger partial charge in [-0.3, -0.25) is 4.79 Å². The highest BCUT2D eigenvalue weighted by molar-refractivity contribution is 7.13. The number of carbonyl (C=O) groups excluding carboxylic acids is 1. The van der Waals surface area contributed by atoms with Crippen molar-refractivity contribution in [2.45, 2.75) is 31.3 Å². The quantitative estimate of drug-likeness (QED) is 0.779. The van der Waals surface area contributed by atoms with Crippen LogP contribution >= 0.6 is 11.3 Å². The number of thiazole rings is 1. The molecular formula is C17H16N4OS. The predicted molar refractivity (Wildman–Crippen MR) is 91.1 cm³/mol. The topological polar surface area (TPSA) is 66.7 Å². The average Bonchev–Trinajstić information content (AvgIpc) is 3.21. The standard InChI is InChI=1S/C17H16N4OS/c1-2-3-10-17(20-21-17)11-9-15(22)18-14-12-23-16(19-14)13-7-5-4-6-8-13/h1,4-8,12H,3,9-11H2,(H,18,22). The van der Waals surface area contributed by atoms with E-state index < -0.39 is 5.66 Å². The van der Waals surface area contributed by atoms with Crippen molar-refractivity contribution in [1.82, 2.24) is 4.98 Å². The van der Waals surface area contributed by atoms with E-state index in [4.69, 9.17) is 6.42 Å². The van der Waals surface area contributed by atoms with Gasteiger partial charge in [0.2, 0.25) is 5.91 Å². The van der Waals surface area contributed by atoms with E-state index in [1.807, 2.05) is 35.7 Å². The van der Waals surface area contributed by atoms with Crippen molar-refractivity contribution >= 4 is 23.1 Å². The predicted octanol–water partition coefficient (Wildman–Crippen LogP) is 4.10. The monoisotopic (exact) mass is 324 g/mol. The maximum atomic E-state index is 12.0. The van der Waals surface area contributed by atoms with Crippen molar-refractivity contribution in [2.24, 2.45) is 10.2 Å². The van der Waals surface area contributed by atoms with Crippen molar-refractivity contribution in [3.05, 3.63) is 35.7 Å². The van der Waals surface area contributed by atoms with Gasteiger partial charge in [-0.1, -0.05) is 30.3 Å². The van der Waals surface area contributed by atoms with Crippen LogP contribution in [0.25, 0.3) is 10.6 Å². The van der Waals surface area contributed by atoms with Crippen LogP contribution < -0.4 is 5.32 Å². The fourth-order valence-electron chi connectivity index (χ4n) is 2.23. The Balaban J connectivity index is 1.51. The van der Waals surface area contributed by atoms with E-state index in [0.29, 0.717) is 31.5 Å². The van der Waals surface area contributed by atoms with Gasteiger partial charge in [-0.2, -0.15) is 10.2 Å². The molecule has 0 fully saturated rings. The highest BCUT2D eigenvalue weighted by Crippen LogP contribution is 2.37. The molecule has 1 aliphatic heterocycles. The Morgan fingerprint density at radius 3 is 2.74 bits per heavy atom. The summed E-state index contributed by atoms with van der Waals surface area (Å²) in [6.45, 7) is 0. The van der Waals surface area contributed by atoms with Crippen LogP contribution in [0.5, 0.6) is 0 Å². The Labute approximate surface area is 138 Å². The summed E-state index contributed by atoms with van der Waals surface area (Å²) >= 11 is 1.51. The zero-order valence-corrected chi connectivity index (χ0v) is 13.3. The van der Waals surface area contributed by atoms with Gasteiger partial charge in [-0.15, -0.1) is 23.7 Å². The van der Waals surface area contributed by atoms with Gasteiger partial charge in [-0.25, -0.2) is 4.98 Å². The molecule has 6 heteroatoms. The lowest BCUT2D eigenvalue weighted by Gasteiger charge is -2.08. The molecule has 0 spiro atoms. The molecule has 2 aromatic rings. The van der Waals surface area contributed by atoms with E-state index >= 15 is 0 Å². The van der Waals surface area contributed by atoms with Gasteiger partial charge < -0.3 is 5.32 Å². The number of nitrogens with zero attached hydrogens (tertiary/aromatic N) is 3. The molecule has 1 N–H and O–H groups in total. The number of rotatable bonds is 7.